The van der Waals surface area contributed by atoms with E-state index in [1.165, 1.54) is 19.9 Å². The van der Waals surface area contributed by atoms with Crippen LogP contribution in [-0.2, 0) is 4.79 Å². The van der Waals surface area contributed by atoms with E-state index in [0.29, 0.717) is 0 Å². The van der Waals surface area contributed by atoms with Crippen LogP contribution in [-0.4, -0.2) is 17.3 Å². The molecule has 2 atom stereocenters. The first kappa shape index (κ1) is 17.0. The van der Waals surface area contributed by atoms with E-state index < -0.39 is 35.8 Å². The second-order valence-electron chi connectivity index (χ2n) is 5.54. The molecule has 0 aliphatic rings. The molecule has 0 saturated carbocycles. The summed E-state index contributed by atoms with van der Waals surface area (Å²) < 4.78 is 39.1. The van der Waals surface area contributed by atoms with Crippen molar-refractivity contribution in [2.24, 2.45) is 23.2 Å². The van der Waals surface area contributed by atoms with Crippen molar-refractivity contribution in [3.8, 4) is 0 Å². The van der Waals surface area contributed by atoms with Crippen LogP contribution >= 0.6 is 0 Å². The normalized spacial score (nSPS) is 16.4. The Morgan fingerprint density at radius 3 is 2.00 bits per heavy atom. The molecule has 0 fully saturated rings. The predicted octanol–water partition coefficient (Wildman–Crippen LogP) is 4.12. The van der Waals surface area contributed by atoms with Gasteiger partial charge >= 0.3 is 12.1 Å². The molecule has 0 radical (unpaired) electrons. The molecule has 0 aromatic carbocycles. The predicted molar refractivity (Wildman–Crippen MR) is 64.1 cm³/mol. The Bertz CT molecular complexity index is 306. The minimum absolute atomic E-state index is 0.340. The molecular formula is C13H21F3O2. The van der Waals surface area contributed by atoms with Crippen molar-refractivity contribution in [3.05, 3.63) is 12.7 Å². The summed E-state index contributed by atoms with van der Waals surface area (Å²) in [6.07, 6.45) is -3.61. The molecule has 0 aliphatic heterocycles. The monoisotopic (exact) mass is 266 g/mol. The van der Waals surface area contributed by atoms with Crippen molar-refractivity contribution in [3.63, 3.8) is 0 Å². The van der Waals surface area contributed by atoms with Gasteiger partial charge in [0.15, 0.2) is 0 Å². The number of rotatable bonds is 6. The average Bonchev–Trinajstić information content (AvgIpc) is 2.14. The zero-order valence-corrected chi connectivity index (χ0v) is 11.2. The Labute approximate surface area is 106 Å². The van der Waals surface area contributed by atoms with Gasteiger partial charge in [0.1, 0.15) is 0 Å². The molecule has 0 saturated heterocycles. The standard InChI is InChI=1S/C13H21F3O2/c1-6-12(4,5)10(13(14,15)16)7-9(8(2)3)11(17)18/h6,8-10H,1,7H2,2-5H3,(H,17,18)/t9-,10-/m1/s1. The molecule has 0 heterocycles. The maximum atomic E-state index is 13.0. The number of halogens is 3. The van der Waals surface area contributed by atoms with E-state index in [9.17, 15) is 18.0 Å². The first-order valence-corrected chi connectivity index (χ1v) is 5.86. The molecule has 0 unspecified atom stereocenters. The van der Waals surface area contributed by atoms with Gasteiger partial charge in [-0.05, 0) is 17.8 Å². The maximum absolute atomic E-state index is 13.0. The molecule has 0 bridgehead atoms. The Hall–Kier alpha value is -1.00. The molecule has 1 N–H and O–H groups in total. The molecule has 0 amide bonds. The Kier molecular flexibility index (Phi) is 5.44. The van der Waals surface area contributed by atoms with Gasteiger partial charge in [0, 0.05) is 0 Å². The van der Waals surface area contributed by atoms with Crippen molar-refractivity contribution in [1.82, 2.24) is 0 Å². The fourth-order valence-corrected chi connectivity index (χ4v) is 1.91. The number of allylic oxidation sites excluding steroid dienone is 1. The van der Waals surface area contributed by atoms with Gasteiger partial charge in [-0.1, -0.05) is 33.8 Å². The number of carbonyl (C=O) groups is 1. The lowest BCUT2D eigenvalue weighted by atomic mass is 9.72. The van der Waals surface area contributed by atoms with Crippen LogP contribution < -0.4 is 0 Å². The Morgan fingerprint density at radius 2 is 1.78 bits per heavy atom. The zero-order valence-electron chi connectivity index (χ0n) is 11.2. The van der Waals surface area contributed by atoms with E-state index in [0.717, 1.165) is 0 Å². The SMILES string of the molecule is C=CC(C)(C)[C@@H](C[C@@H](C(=O)O)C(C)C)C(F)(F)F. The number of hydrogen-bond donors (Lipinski definition) is 1. The van der Waals surface area contributed by atoms with Crippen LogP contribution in [0.3, 0.4) is 0 Å². The third kappa shape index (κ3) is 4.35. The van der Waals surface area contributed by atoms with Gasteiger partial charge in [-0.15, -0.1) is 6.58 Å². The van der Waals surface area contributed by atoms with E-state index in [1.54, 1.807) is 13.8 Å². The van der Waals surface area contributed by atoms with Crippen molar-refractivity contribution in [2.75, 3.05) is 0 Å². The van der Waals surface area contributed by atoms with E-state index in [2.05, 4.69) is 6.58 Å². The van der Waals surface area contributed by atoms with Gasteiger partial charge in [0.25, 0.3) is 0 Å². The van der Waals surface area contributed by atoms with E-state index in [-0.39, 0.29) is 5.92 Å². The molecule has 2 nitrogen and oxygen atoms in total. The van der Waals surface area contributed by atoms with Crippen molar-refractivity contribution >= 4 is 5.97 Å². The molecule has 0 aromatic heterocycles. The summed E-state index contributed by atoms with van der Waals surface area (Å²) in [7, 11) is 0. The summed E-state index contributed by atoms with van der Waals surface area (Å²) >= 11 is 0. The number of aliphatic carboxylic acids is 1. The number of alkyl halides is 3. The first-order chi connectivity index (χ1) is 7.93. The maximum Gasteiger partial charge on any atom is 0.392 e. The van der Waals surface area contributed by atoms with Crippen LogP contribution in [0.4, 0.5) is 13.2 Å². The smallest absolute Gasteiger partial charge is 0.392 e. The van der Waals surface area contributed by atoms with E-state index >= 15 is 0 Å². The minimum Gasteiger partial charge on any atom is -0.481 e. The summed E-state index contributed by atoms with van der Waals surface area (Å²) in [5.74, 6) is -4.23. The van der Waals surface area contributed by atoms with Gasteiger partial charge in [0.2, 0.25) is 0 Å². The van der Waals surface area contributed by atoms with Crippen LogP contribution in [0.1, 0.15) is 34.1 Å². The van der Waals surface area contributed by atoms with Crippen LogP contribution in [0.5, 0.6) is 0 Å². The molecule has 0 aliphatic carbocycles. The zero-order chi connectivity index (χ0) is 14.7. The molecule has 18 heavy (non-hydrogen) atoms. The Morgan fingerprint density at radius 1 is 1.33 bits per heavy atom. The number of hydrogen-bond acceptors (Lipinski definition) is 1. The van der Waals surface area contributed by atoms with E-state index in [4.69, 9.17) is 5.11 Å². The fourth-order valence-electron chi connectivity index (χ4n) is 1.91. The van der Waals surface area contributed by atoms with Crippen LogP contribution in [0.15, 0.2) is 12.7 Å². The number of carboxylic acids is 1. The molecule has 0 spiro atoms. The summed E-state index contributed by atoms with van der Waals surface area (Å²) in [5, 5.41) is 9.00. The summed E-state index contributed by atoms with van der Waals surface area (Å²) in [6, 6.07) is 0. The molecule has 0 aromatic rings. The first-order valence-electron chi connectivity index (χ1n) is 5.86. The van der Waals surface area contributed by atoms with Gasteiger partial charge in [0.05, 0.1) is 11.8 Å². The molecule has 5 heteroatoms. The quantitative estimate of drug-likeness (QED) is 0.734. The van der Waals surface area contributed by atoms with Crippen molar-refractivity contribution in [2.45, 2.75) is 40.3 Å². The highest BCUT2D eigenvalue weighted by Gasteiger charge is 2.49. The summed E-state index contributed by atoms with van der Waals surface area (Å²) in [4.78, 5) is 11.0. The van der Waals surface area contributed by atoms with Gasteiger partial charge in [-0.3, -0.25) is 4.79 Å². The summed E-state index contributed by atoms with van der Waals surface area (Å²) in [6.45, 7) is 9.51. The highest BCUT2D eigenvalue weighted by molar-refractivity contribution is 5.70. The van der Waals surface area contributed by atoms with Crippen LogP contribution in [0, 0.1) is 23.2 Å². The highest BCUT2D eigenvalue weighted by atomic mass is 19.4. The molecule has 0 rings (SSSR count). The van der Waals surface area contributed by atoms with Crippen molar-refractivity contribution < 1.29 is 23.1 Å². The third-order valence-electron chi connectivity index (χ3n) is 3.43. The van der Waals surface area contributed by atoms with Crippen LogP contribution in [0.2, 0.25) is 0 Å². The lowest BCUT2D eigenvalue weighted by Gasteiger charge is -2.35. The third-order valence-corrected chi connectivity index (χ3v) is 3.43. The lowest BCUT2D eigenvalue weighted by molar-refractivity contribution is -0.203. The second kappa shape index (κ2) is 5.76. The van der Waals surface area contributed by atoms with Crippen molar-refractivity contribution in [1.29, 1.82) is 0 Å². The average molecular weight is 266 g/mol. The van der Waals surface area contributed by atoms with Gasteiger partial charge in [-0.2, -0.15) is 13.2 Å². The van der Waals surface area contributed by atoms with Gasteiger partial charge in [-0.25, -0.2) is 0 Å². The molecule has 106 valence electrons. The molecular weight excluding hydrogens is 245 g/mol. The minimum atomic E-state index is -4.43. The summed E-state index contributed by atoms with van der Waals surface area (Å²) in [5.41, 5.74) is -1.18. The largest absolute Gasteiger partial charge is 0.481 e. The van der Waals surface area contributed by atoms with Gasteiger partial charge < -0.3 is 5.11 Å². The number of carboxylic acid groups (broad SMARTS) is 1. The highest BCUT2D eigenvalue weighted by Crippen LogP contribution is 2.45. The Balaban J connectivity index is 5.25. The fraction of sp³-hybridized carbons (Fsp3) is 0.769. The second-order valence-corrected chi connectivity index (χ2v) is 5.54. The topological polar surface area (TPSA) is 37.3 Å². The lowest BCUT2D eigenvalue weighted by Crippen LogP contribution is -2.39. The van der Waals surface area contributed by atoms with E-state index in [1.807, 2.05) is 0 Å². The van der Waals surface area contributed by atoms with Crippen LogP contribution in [0.25, 0.3) is 0 Å².